The number of rotatable bonds is 0. The van der Waals surface area contributed by atoms with Crippen molar-refractivity contribution >= 4 is 0 Å². The molecular weight excluding hydrogens is 148 g/mol. The molecule has 2 nitrogen and oxygen atoms in total. The molecule has 0 aromatic rings. The molecule has 0 amide bonds. The van der Waals surface area contributed by atoms with Crippen LogP contribution in [0, 0.1) is 17.3 Å². The van der Waals surface area contributed by atoms with Crippen LogP contribution in [0.4, 0.5) is 0 Å². The molecule has 0 aromatic heterocycles. The third kappa shape index (κ3) is 1.27. The van der Waals surface area contributed by atoms with Crippen molar-refractivity contribution in [3.63, 3.8) is 0 Å². The first-order valence-corrected chi connectivity index (χ1v) is 5.03. The highest BCUT2D eigenvalue weighted by Gasteiger charge is 2.43. The minimum atomic E-state index is 0.422. The molecule has 0 saturated carbocycles. The third-order valence-electron chi connectivity index (χ3n) is 3.35. The molecule has 0 bridgehead atoms. The molecule has 0 radical (unpaired) electrons. The van der Waals surface area contributed by atoms with Crippen LogP contribution in [0.25, 0.3) is 0 Å². The van der Waals surface area contributed by atoms with E-state index in [0.29, 0.717) is 5.41 Å². The fraction of sp³-hybridized carbons (Fsp3) is 1.00. The molecule has 2 N–H and O–H groups in total. The molecule has 12 heavy (non-hydrogen) atoms. The standard InChI is InChI=1S/C10H20N2/c1-10(2,3)9-8-6-11-4-7(8)5-12-9/h7-9,11-12H,4-6H2,1-3H3/t7-,8+,9?/m1/s1. The molecular formula is C10H20N2. The van der Waals surface area contributed by atoms with E-state index in [1.807, 2.05) is 0 Å². The summed E-state index contributed by atoms with van der Waals surface area (Å²) in [6.45, 7) is 10.7. The fourth-order valence-corrected chi connectivity index (χ4v) is 2.75. The highest BCUT2D eigenvalue weighted by atomic mass is 15.1. The highest BCUT2D eigenvalue weighted by molar-refractivity contribution is 5.00. The van der Waals surface area contributed by atoms with E-state index in [9.17, 15) is 0 Å². The van der Waals surface area contributed by atoms with E-state index < -0.39 is 0 Å². The molecule has 2 aliphatic heterocycles. The van der Waals surface area contributed by atoms with Crippen LogP contribution in [0.2, 0.25) is 0 Å². The van der Waals surface area contributed by atoms with Gasteiger partial charge in [0.25, 0.3) is 0 Å². The van der Waals surface area contributed by atoms with Crippen molar-refractivity contribution in [3.8, 4) is 0 Å². The predicted molar refractivity (Wildman–Crippen MR) is 51.1 cm³/mol. The van der Waals surface area contributed by atoms with Gasteiger partial charge in [0.2, 0.25) is 0 Å². The monoisotopic (exact) mass is 168 g/mol. The Hall–Kier alpha value is -0.0800. The molecule has 2 aliphatic rings. The lowest BCUT2D eigenvalue weighted by Crippen LogP contribution is -2.41. The van der Waals surface area contributed by atoms with Crippen LogP contribution in [0.15, 0.2) is 0 Å². The second-order valence-corrected chi connectivity index (χ2v) is 5.33. The van der Waals surface area contributed by atoms with E-state index in [0.717, 1.165) is 17.9 Å². The first-order chi connectivity index (χ1) is 5.59. The predicted octanol–water partition coefficient (Wildman–Crippen LogP) is 0.840. The molecule has 3 atom stereocenters. The van der Waals surface area contributed by atoms with Crippen molar-refractivity contribution in [1.82, 2.24) is 10.6 Å². The van der Waals surface area contributed by atoms with Gasteiger partial charge in [-0.3, -0.25) is 0 Å². The van der Waals surface area contributed by atoms with Crippen molar-refractivity contribution in [2.24, 2.45) is 17.3 Å². The minimum absolute atomic E-state index is 0.422. The van der Waals surface area contributed by atoms with Crippen LogP contribution in [-0.2, 0) is 0 Å². The lowest BCUT2D eigenvalue weighted by molar-refractivity contribution is 0.238. The molecule has 2 rings (SSSR count). The molecule has 2 heterocycles. The first kappa shape index (κ1) is 8.52. The maximum Gasteiger partial charge on any atom is 0.0160 e. The van der Waals surface area contributed by atoms with Crippen molar-refractivity contribution in [2.45, 2.75) is 26.8 Å². The van der Waals surface area contributed by atoms with Crippen molar-refractivity contribution in [3.05, 3.63) is 0 Å². The Morgan fingerprint density at radius 1 is 1.08 bits per heavy atom. The van der Waals surface area contributed by atoms with Gasteiger partial charge in [0.1, 0.15) is 0 Å². The summed E-state index contributed by atoms with van der Waals surface area (Å²) in [5.74, 6) is 1.78. The third-order valence-corrected chi connectivity index (χ3v) is 3.35. The number of nitrogens with one attached hydrogen (secondary N) is 2. The molecule has 70 valence electrons. The molecule has 1 unspecified atom stereocenters. The average Bonchev–Trinajstić information content (AvgIpc) is 2.37. The van der Waals surface area contributed by atoms with Gasteiger partial charge in [0, 0.05) is 6.04 Å². The summed E-state index contributed by atoms with van der Waals surface area (Å²) in [6, 6.07) is 0.720. The van der Waals surface area contributed by atoms with Crippen LogP contribution in [0.1, 0.15) is 20.8 Å². The van der Waals surface area contributed by atoms with E-state index in [-0.39, 0.29) is 0 Å². The lowest BCUT2D eigenvalue weighted by atomic mass is 9.78. The molecule has 0 aromatic carbocycles. The highest BCUT2D eigenvalue weighted by Crippen LogP contribution is 2.35. The lowest BCUT2D eigenvalue weighted by Gasteiger charge is -2.31. The number of fused-ring (bicyclic) bond motifs is 1. The van der Waals surface area contributed by atoms with Crippen LogP contribution in [0.3, 0.4) is 0 Å². The Balaban J connectivity index is 2.09. The first-order valence-electron chi connectivity index (χ1n) is 5.03. The van der Waals surface area contributed by atoms with Gasteiger partial charge in [-0.15, -0.1) is 0 Å². The zero-order valence-corrected chi connectivity index (χ0v) is 8.35. The van der Waals surface area contributed by atoms with E-state index >= 15 is 0 Å². The normalized spacial score (nSPS) is 41.8. The molecule has 2 heteroatoms. The summed E-state index contributed by atoms with van der Waals surface area (Å²) in [5, 5.41) is 7.14. The summed E-state index contributed by atoms with van der Waals surface area (Å²) in [4.78, 5) is 0. The minimum Gasteiger partial charge on any atom is -0.316 e. The van der Waals surface area contributed by atoms with Crippen molar-refractivity contribution in [2.75, 3.05) is 19.6 Å². The smallest absolute Gasteiger partial charge is 0.0160 e. The Kier molecular flexibility index (Phi) is 1.92. The topological polar surface area (TPSA) is 24.1 Å². The van der Waals surface area contributed by atoms with Crippen LogP contribution < -0.4 is 10.6 Å². The van der Waals surface area contributed by atoms with Crippen molar-refractivity contribution in [1.29, 1.82) is 0 Å². The number of hydrogen-bond donors (Lipinski definition) is 2. The van der Waals surface area contributed by atoms with Crippen LogP contribution in [-0.4, -0.2) is 25.7 Å². The largest absolute Gasteiger partial charge is 0.316 e. The SMILES string of the molecule is CC(C)(C)C1NC[C@H]2CNC[C@H]12. The second kappa shape index (κ2) is 2.71. The Morgan fingerprint density at radius 2 is 1.83 bits per heavy atom. The maximum absolute atomic E-state index is 3.66. The Bertz CT molecular complexity index is 171. The summed E-state index contributed by atoms with van der Waals surface area (Å²) in [5.41, 5.74) is 0.422. The maximum atomic E-state index is 3.66. The van der Waals surface area contributed by atoms with Gasteiger partial charge in [-0.2, -0.15) is 0 Å². The van der Waals surface area contributed by atoms with Crippen LogP contribution >= 0.6 is 0 Å². The van der Waals surface area contributed by atoms with E-state index in [2.05, 4.69) is 31.4 Å². The summed E-state index contributed by atoms with van der Waals surface area (Å²) in [6.07, 6.45) is 0. The molecule has 0 spiro atoms. The number of hydrogen-bond acceptors (Lipinski definition) is 2. The molecule has 0 aliphatic carbocycles. The van der Waals surface area contributed by atoms with Crippen LogP contribution in [0.5, 0.6) is 0 Å². The van der Waals surface area contributed by atoms with E-state index in [1.54, 1.807) is 0 Å². The average molecular weight is 168 g/mol. The van der Waals surface area contributed by atoms with Gasteiger partial charge in [-0.25, -0.2) is 0 Å². The van der Waals surface area contributed by atoms with E-state index in [4.69, 9.17) is 0 Å². The van der Waals surface area contributed by atoms with Gasteiger partial charge in [-0.05, 0) is 36.9 Å². The quantitative estimate of drug-likeness (QED) is 0.560. The zero-order valence-electron chi connectivity index (χ0n) is 8.35. The summed E-state index contributed by atoms with van der Waals surface area (Å²) >= 11 is 0. The van der Waals surface area contributed by atoms with Gasteiger partial charge in [0.05, 0.1) is 0 Å². The van der Waals surface area contributed by atoms with Gasteiger partial charge >= 0.3 is 0 Å². The summed E-state index contributed by atoms with van der Waals surface area (Å²) in [7, 11) is 0. The summed E-state index contributed by atoms with van der Waals surface area (Å²) < 4.78 is 0. The Morgan fingerprint density at radius 3 is 2.50 bits per heavy atom. The Labute approximate surface area is 75.1 Å². The van der Waals surface area contributed by atoms with Crippen molar-refractivity contribution < 1.29 is 0 Å². The second-order valence-electron chi connectivity index (χ2n) is 5.33. The van der Waals surface area contributed by atoms with Gasteiger partial charge < -0.3 is 10.6 Å². The molecule has 2 fully saturated rings. The van der Waals surface area contributed by atoms with Gasteiger partial charge in [-0.1, -0.05) is 20.8 Å². The molecule has 2 saturated heterocycles. The van der Waals surface area contributed by atoms with E-state index in [1.165, 1.54) is 19.6 Å². The fourth-order valence-electron chi connectivity index (χ4n) is 2.75. The zero-order chi connectivity index (χ0) is 8.77. The van der Waals surface area contributed by atoms with Gasteiger partial charge in [0.15, 0.2) is 0 Å².